The summed E-state index contributed by atoms with van der Waals surface area (Å²) in [5.74, 6) is 0. The summed E-state index contributed by atoms with van der Waals surface area (Å²) in [4.78, 5) is 16.9. The van der Waals surface area contributed by atoms with Crippen LogP contribution in [0.25, 0.3) is 10.9 Å². The van der Waals surface area contributed by atoms with E-state index in [4.69, 9.17) is 21.9 Å². The highest BCUT2D eigenvalue weighted by Crippen LogP contribution is 2.38. The van der Waals surface area contributed by atoms with E-state index >= 15 is 0 Å². The number of rotatable bonds is 5. The third-order valence-corrected chi connectivity index (χ3v) is 4.66. The van der Waals surface area contributed by atoms with Crippen molar-refractivity contribution in [1.29, 1.82) is 0 Å². The van der Waals surface area contributed by atoms with Crippen molar-refractivity contribution in [2.75, 3.05) is 6.54 Å². The van der Waals surface area contributed by atoms with Gasteiger partial charge >= 0.3 is 0 Å². The number of aromatic amines is 1. The number of benzene rings is 1. The Labute approximate surface area is 176 Å². The van der Waals surface area contributed by atoms with Crippen LogP contribution < -0.4 is 5.48 Å². The number of quaternary nitrogens is 1. The maximum absolute atomic E-state index is 11.7. The minimum atomic E-state index is -0.202. The van der Waals surface area contributed by atoms with Crippen LogP contribution in [0, 0.1) is 0 Å². The number of hydroxylamine groups is 1. The van der Waals surface area contributed by atoms with Gasteiger partial charge in [-0.05, 0) is 62.6 Å². The average Bonchev–Trinajstić information content (AvgIpc) is 3.04. The molecular formula is C22H29ClN3O3+. The molecular weight excluding hydrogens is 390 g/mol. The molecule has 0 aliphatic carbocycles. The van der Waals surface area contributed by atoms with Crippen LogP contribution in [0.2, 0.25) is 5.02 Å². The summed E-state index contributed by atoms with van der Waals surface area (Å²) in [7, 11) is 0. The molecule has 1 aromatic heterocycles. The number of H-pyrrole nitrogens is 1. The van der Waals surface area contributed by atoms with E-state index in [1.54, 1.807) is 31.0 Å². The number of aromatic nitrogens is 1. The van der Waals surface area contributed by atoms with Crippen LogP contribution in [-0.2, 0) is 11.2 Å². The van der Waals surface area contributed by atoms with E-state index in [1.165, 1.54) is 5.56 Å². The molecule has 1 unspecified atom stereocenters. The van der Waals surface area contributed by atoms with Crippen molar-refractivity contribution in [2.45, 2.75) is 39.3 Å². The SMILES string of the molecule is CC(C)O.C\C=C/C(=C\C=C\[NH2+]O)C1c2[nH]c3ccc(Cl)cc3c2CCN1C=O. The average molecular weight is 419 g/mol. The first-order chi connectivity index (χ1) is 13.9. The minimum Gasteiger partial charge on any atom is -0.394 e. The van der Waals surface area contributed by atoms with E-state index < -0.39 is 0 Å². The predicted molar refractivity (Wildman–Crippen MR) is 116 cm³/mol. The summed E-state index contributed by atoms with van der Waals surface area (Å²) >= 11 is 6.17. The van der Waals surface area contributed by atoms with Gasteiger partial charge in [0.15, 0.2) is 0 Å². The fraction of sp³-hybridized carbons (Fsp3) is 0.318. The Kier molecular flexibility index (Phi) is 8.67. The van der Waals surface area contributed by atoms with Gasteiger partial charge in [0.2, 0.25) is 6.41 Å². The molecule has 29 heavy (non-hydrogen) atoms. The highest BCUT2D eigenvalue weighted by atomic mass is 35.5. The van der Waals surface area contributed by atoms with E-state index in [1.807, 2.05) is 43.4 Å². The first-order valence-corrected chi connectivity index (χ1v) is 9.96. The van der Waals surface area contributed by atoms with E-state index in [-0.39, 0.29) is 12.1 Å². The number of aliphatic hydroxyl groups excluding tert-OH is 1. The number of amides is 1. The second kappa shape index (κ2) is 11.0. The molecule has 2 aromatic rings. The molecule has 1 amide bonds. The van der Waals surface area contributed by atoms with Crippen molar-refractivity contribution in [3.63, 3.8) is 0 Å². The van der Waals surface area contributed by atoms with Crippen molar-refractivity contribution >= 4 is 28.9 Å². The minimum absolute atomic E-state index is 0.167. The Morgan fingerprint density at radius 3 is 2.76 bits per heavy atom. The fourth-order valence-corrected chi connectivity index (χ4v) is 3.57. The van der Waals surface area contributed by atoms with Crippen LogP contribution >= 0.6 is 11.6 Å². The van der Waals surface area contributed by atoms with Gasteiger partial charge in [0, 0.05) is 34.3 Å². The normalized spacial score (nSPS) is 17.1. The standard InChI is InChI=1S/C19H20ClN3O2.C3H8O/c1-2-4-13(5-3-9-21-25)19-18-15(8-10-23(19)12-24)16-11-14(20)6-7-17(16)22-18;1-3(2)4/h2-7,9,11-12,19,21-22,25H,8,10H2,1H3;3-4H,1-2H3/p+1/b4-2-,9-3+,13-5+;. The fourth-order valence-electron chi connectivity index (χ4n) is 3.40. The van der Waals surface area contributed by atoms with Gasteiger partial charge in [0.1, 0.15) is 6.20 Å². The van der Waals surface area contributed by atoms with E-state index in [0.717, 1.165) is 40.5 Å². The molecule has 1 aliphatic rings. The zero-order valence-electron chi connectivity index (χ0n) is 17.0. The first kappa shape index (κ1) is 22.9. The Balaban J connectivity index is 0.000000687. The maximum Gasteiger partial charge on any atom is 0.210 e. The third-order valence-electron chi connectivity index (χ3n) is 4.42. The van der Waals surface area contributed by atoms with Crippen molar-refractivity contribution in [3.05, 3.63) is 70.6 Å². The molecule has 0 spiro atoms. The third kappa shape index (κ3) is 5.81. The quantitative estimate of drug-likeness (QED) is 0.341. The molecule has 5 N–H and O–H groups in total. The Bertz CT molecular complexity index is 913. The number of halogens is 1. The van der Waals surface area contributed by atoms with E-state index in [9.17, 15) is 4.79 Å². The molecule has 1 aliphatic heterocycles. The molecule has 3 rings (SSSR count). The Morgan fingerprint density at radius 2 is 2.14 bits per heavy atom. The zero-order valence-corrected chi connectivity index (χ0v) is 17.7. The number of carbonyl (C=O) groups is 1. The number of aliphatic hydroxyl groups is 1. The van der Waals surface area contributed by atoms with Crippen LogP contribution in [0.15, 0.2) is 54.3 Å². The molecule has 0 fully saturated rings. The summed E-state index contributed by atoms with van der Waals surface area (Å²) in [6, 6.07) is 5.60. The summed E-state index contributed by atoms with van der Waals surface area (Å²) in [6.07, 6.45) is 10.6. The van der Waals surface area contributed by atoms with Gasteiger partial charge in [0.05, 0.1) is 6.04 Å². The second-order valence-corrected chi connectivity index (χ2v) is 7.43. The van der Waals surface area contributed by atoms with Crippen LogP contribution in [0.3, 0.4) is 0 Å². The van der Waals surface area contributed by atoms with Gasteiger partial charge in [-0.2, -0.15) is 5.48 Å². The van der Waals surface area contributed by atoms with Crippen LogP contribution in [0.5, 0.6) is 0 Å². The second-order valence-electron chi connectivity index (χ2n) is 7.00. The maximum atomic E-state index is 11.7. The van der Waals surface area contributed by atoms with Gasteiger partial charge in [-0.15, -0.1) is 0 Å². The number of nitrogens with one attached hydrogen (secondary N) is 1. The van der Waals surface area contributed by atoms with E-state index in [2.05, 4.69) is 4.98 Å². The Hall–Kier alpha value is -2.38. The summed E-state index contributed by atoms with van der Waals surface area (Å²) in [5.41, 5.74) is 5.19. The molecule has 2 heterocycles. The molecule has 0 saturated heterocycles. The number of hydrogen-bond donors (Lipinski definition) is 4. The molecule has 0 radical (unpaired) electrons. The number of hydrogen-bond acceptors (Lipinski definition) is 3. The lowest BCUT2D eigenvalue weighted by Gasteiger charge is -2.33. The number of carbonyl (C=O) groups excluding carboxylic acids is 1. The lowest BCUT2D eigenvalue weighted by molar-refractivity contribution is -0.838. The highest BCUT2D eigenvalue weighted by Gasteiger charge is 2.31. The summed E-state index contributed by atoms with van der Waals surface area (Å²) in [6.45, 7) is 6.03. The van der Waals surface area contributed by atoms with Gasteiger partial charge < -0.3 is 15.0 Å². The van der Waals surface area contributed by atoms with Crippen LogP contribution in [-0.4, -0.2) is 39.3 Å². The topological polar surface area (TPSA) is 93.2 Å². The molecule has 1 atom stereocenters. The summed E-state index contributed by atoms with van der Waals surface area (Å²) in [5, 5.41) is 18.7. The Morgan fingerprint density at radius 1 is 1.41 bits per heavy atom. The van der Waals surface area contributed by atoms with Crippen molar-refractivity contribution in [2.24, 2.45) is 0 Å². The smallest absolute Gasteiger partial charge is 0.210 e. The van der Waals surface area contributed by atoms with Crippen LogP contribution in [0.1, 0.15) is 38.1 Å². The summed E-state index contributed by atoms with van der Waals surface area (Å²) < 4.78 is 0. The zero-order chi connectivity index (χ0) is 21.4. The molecule has 6 nitrogen and oxygen atoms in total. The molecule has 0 saturated carbocycles. The lowest BCUT2D eigenvalue weighted by atomic mass is 9.92. The monoisotopic (exact) mass is 418 g/mol. The highest BCUT2D eigenvalue weighted by molar-refractivity contribution is 6.31. The van der Waals surface area contributed by atoms with E-state index in [0.29, 0.717) is 11.6 Å². The molecule has 7 heteroatoms. The van der Waals surface area contributed by atoms with Crippen molar-refractivity contribution in [1.82, 2.24) is 9.88 Å². The predicted octanol–water partition coefficient (Wildman–Crippen LogP) is 3.23. The van der Waals surface area contributed by atoms with Gasteiger partial charge in [-0.3, -0.25) is 4.79 Å². The largest absolute Gasteiger partial charge is 0.394 e. The number of nitrogens with zero attached hydrogens (tertiary/aromatic N) is 1. The van der Waals surface area contributed by atoms with Crippen molar-refractivity contribution < 1.29 is 20.6 Å². The number of fused-ring (bicyclic) bond motifs is 3. The first-order valence-electron chi connectivity index (χ1n) is 9.59. The molecule has 1 aromatic carbocycles. The lowest BCUT2D eigenvalue weighted by Crippen LogP contribution is -2.73. The van der Waals surface area contributed by atoms with Gasteiger partial charge in [-0.25, -0.2) is 5.21 Å². The molecule has 0 bridgehead atoms. The number of nitrogens with two attached hydrogens (primary N) is 1. The van der Waals surface area contributed by atoms with Gasteiger partial charge in [-0.1, -0.05) is 29.8 Å². The van der Waals surface area contributed by atoms with Gasteiger partial charge in [0.25, 0.3) is 0 Å². The van der Waals surface area contributed by atoms with Crippen LogP contribution in [0.4, 0.5) is 0 Å². The number of allylic oxidation sites excluding steroid dienone is 3. The molecule has 156 valence electrons. The van der Waals surface area contributed by atoms with Crippen molar-refractivity contribution in [3.8, 4) is 0 Å².